The van der Waals surface area contributed by atoms with Gasteiger partial charge in [0, 0.05) is 16.8 Å². The average Bonchev–Trinajstić information content (AvgIpc) is 2.75. The van der Waals surface area contributed by atoms with Crippen molar-refractivity contribution >= 4 is 23.3 Å². The largest absolute Gasteiger partial charge is 0.477 e. The van der Waals surface area contributed by atoms with Crippen LogP contribution >= 0.6 is 11.3 Å². The fourth-order valence-corrected chi connectivity index (χ4v) is 2.37. The standard InChI is InChI=1S/C12H14N4O2S/c1-6-4-9(11(17)18)16-12(14-6)15-8(3)10-13-7(2)5-19-10/h4-5,8H,1-3H3,(H,17,18)(H,14,15,16). The first kappa shape index (κ1) is 13.4. The molecule has 2 aromatic rings. The van der Waals surface area contributed by atoms with E-state index in [1.165, 1.54) is 6.07 Å². The molecule has 0 saturated carbocycles. The lowest BCUT2D eigenvalue weighted by Gasteiger charge is -2.11. The van der Waals surface area contributed by atoms with Crippen LogP contribution in [0.4, 0.5) is 5.95 Å². The highest BCUT2D eigenvalue weighted by Crippen LogP contribution is 2.20. The number of aromatic carboxylic acids is 1. The van der Waals surface area contributed by atoms with E-state index in [-0.39, 0.29) is 11.7 Å². The van der Waals surface area contributed by atoms with E-state index in [1.807, 2.05) is 19.2 Å². The molecule has 0 aromatic carbocycles. The summed E-state index contributed by atoms with van der Waals surface area (Å²) in [7, 11) is 0. The number of rotatable bonds is 4. The van der Waals surface area contributed by atoms with Crippen LogP contribution in [0.15, 0.2) is 11.4 Å². The Morgan fingerprint density at radius 1 is 1.32 bits per heavy atom. The molecule has 2 aromatic heterocycles. The zero-order chi connectivity index (χ0) is 14.0. The molecule has 19 heavy (non-hydrogen) atoms. The Bertz CT molecular complexity index is 612. The third-order valence-electron chi connectivity index (χ3n) is 2.43. The molecule has 7 heteroatoms. The highest BCUT2D eigenvalue weighted by atomic mass is 32.1. The second-order valence-electron chi connectivity index (χ2n) is 4.22. The van der Waals surface area contributed by atoms with E-state index < -0.39 is 5.97 Å². The van der Waals surface area contributed by atoms with Crippen LogP contribution in [0.2, 0.25) is 0 Å². The molecule has 2 N–H and O–H groups in total. The van der Waals surface area contributed by atoms with E-state index in [0.29, 0.717) is 11.6 Å². The van der Waals surface area contributed by atoms with Gasteiger partial charge in [0.1, 0.15) is 5.01 Å². The van der Waals surface area contributed by atoms with Gasteiger partial charge in [0.2, 0.25) is 5.95 Å². The molecule has 2 rings (SSSR count). The van der Waals surface area contributed by atoms with Crippen LogP contribution in [0.25, 0.3) is 0 Å². The summed E-state index contributed by atoms with van der Waals surface area (Å²) in [5, 5.41) is 14.9. The highest BCUT2D eigenvalue weighted by molar-refractivity contribution is 7.09. The van der Waals surface area contributed by atoms with Gasteiger partial charge in [-0.2, -0.15) is 0 Å². The molecule has 0 saturated heterocycles. The van der Waals surface area contributed by atoms with Crippen molar-refractivity contribution in [3.05, 3.63) is 33.5 Å². The van der Waals surface area contributed by atoms with Crippen LogP contribution in [-0.2, 0) is 0 Å². The summed E-state index contributed by atoms with van der Waals surface area (Å²) >= 11 is 1.55. The van der Waals surface area contributed by atoms with Gasteiger partial charge in [-0.25, -0.2) is 19.7 Å². The normalized spacial score (nSPS) is 12.2. The number of aromatic nitrogens is 3. The molecule has 1 atom stereocenters. The zero-order valence-electron chi connectivity index (χ0n) is 10.8. The van der Waals surface area contributed by atoms with Crippen molar-refractivity contribution in [1.29, 1.82) is 0 Å². The van der Waals surface area contributed by atoms with Crippen molar-refractivity contribution in [2.75, 3.05) is 5.32 Å². The summed E-state index contributed by atoms with van der Waals surface area (Å²) in [4.78, 5) is 23.4. The van der Waals surface area contributed by atoms with Gasteiger partial charge in [-0.3, -0.25) is 0 Å². The maximum Gasteiger partial charge on any atom is 0.354 e. The predicted molar refractivity (Wildman–Crippen MR) is 72.6 cm³/mol. The lowest BCUT2D eigenvalue weighted by atomic mass is 10.3. The summed E-state index contributed by atoms with van der Waals surface area (Å²) in [5.74, 6) is -0.760. The molecule has 0 aliphatic carbocycles. The molecule has 0 spiro atoms. The van der Waals surface area contributed by atoms with E-state index in [1.54, 1.807) is 18.3 Å². The lowest BCUT2D eigenvalue weighted by molar-refractivity contribution is 0.0690. The van der Waals surface area contributed by atoms with Crippen molar-refractivity contribution in [2.24, 2.45) is 0 Å². The van der Waals surface area contributed by atoms with E-state index >= 15 is 0 Å². The fraction of sp³-hybridized carbons (Fsp3) is 0.333. The molecule has 0 amide bonds. The SMILES string of the molecule is Cc1cc(C(=O)O)nc(NC(C)c2nc(C)cs2)n1. The Morgan fingerprint density at radius 3 is 2.63 bits per heavy atom. The van der Waals surface area contributed by atoms with Crippen molar-refractivity contribution in [1.82, 2.24) is 15.0 Å². The summed E-state index contributed by atoms with van der Waals surface area (Å²) in [5.41, 5.74) is 1.56. The molecule has 0 radical (unpaired) electrons. The maximum atomic E-state index is 10.9. The van der Waals surface area contributed by atoms with Crippen molar-refractivity contribution in [3.63, 3.8) is 0 Å². The van der Waals surface area contributed by atoms with Crippen molar-refractivity contribution in [3.8, 4) is 0 Å². The first-order valence-electron chi connectivity index (χ1n) is 5.73. The number of hydrogen-bond acceptors (Lipinski definition) is 6. The second kappa shape index (κ2) is 5.31. The smallest absolute Gasteiger partial charge is 0.354 e. The van der Waals surface area contributed by atoms with Gasteiger partial charge in [0.15, 0.2) is 5.69 Å². The molecule has 0 aliphatic rings. The van der Waals surface area contributed by atoms with Gasteiger partial charge in [0.05, 0.1) is 6.04 Å². The topological polar surface area (TPSA) is 88.0 Å². The van der Waals surface area contributed by atoms with Crippen LogP contribution < -0.4 is 5.32 Å². The third kappa shape index (κ3) is 3.25. The summed E-state index contributed by atoms with van der Waals surface area (Å²) in [6, 6.07) is 1.37. The summed E-state index contributed by atoms with van der Waals surface area (Å²) < 4.78 is 0. The lowest BCUT2D eigenvalue weighted by Crippen LogP contribution is -2.12. The number of nitrogens with zero attached hydrogens (tertiary/aromatic N) is 3. The molecular formula is C12H14N4O2S. The van der Waals surface area contributed by atoms with Crippen molar-refractivity contribution in [2.45, 2.75) is 26.8 Å². The van der Waals surface area contributed by atoms with E-state index in [9.17, 15) is 4.79 Å². The van der Waals surface area contributed by atoms with E-state index in [4.69, 9.17) is 5.11 Å². The fourth-order valence-electron chi connectivity index (χ4n) is 1.57. The van der Waals surface area contributed by atoms with Crippen molar-refractivity contribution < 1.29 is 9.90 Å². The zero-order valence-corrected chi connectivity index (χ0v) is 11.7. The molecule has 0 bridgehead atoms. The number of aryl methyl sites for hydroxylation is 2. The molecule has 0 aliphatic heterocycles. The average molecular weight is 278 g/mol. The molecule has 0 fully saturated rings. The summed E-state index contributed by atoms with van der Waals surface area (Å²) in [6.45, 7) is 5.60. The monoisotopic (exact) mass is 278 g/mol. The number of carboxylic acids is 1. The predicted octanol–water partition coefficient (Wildman–Crippen LogP) is 2.42. The Labute approximate surface area is 114 Å². The number of anilines is 1. The van der Waals surface area contributed by atoms with Gasteiger partial charge in [-0.15, -0.1) is 11.3 Å². The summed E-state index contributed by atoms with van der Waals surface area (Å²) in [6.07, 6.45) is 0. The van der Waals surface area contributed by atoms with Gasteiger partial charge < -0.3 is 10.4 Å². The highest BCUT2D eigenvalue weighted by Gasteiger charge is 2.13. The molecule has 2 heterocycles. The Morgan fingerprint density at radius 2 is 2.05 bits per heavy atom. The minimum Gasteiger partial charge on any atom is -0.477 e. The third-order valence-corrected chi connectivity index (χ3v) is 3.57. The van der Waals surface area contributed by atoms with Crippen LogP contribution in [0.1, 0.15) is 39.8 Å². The van der Waals surface area contributed by atoms with Gasteiger partial charge >= 0.3 is 5.97 Å². The first-order chi connectivity index (χ1) is 8.95. The molecule has 6 nitrogen and oxygen atoms in total. The van der Waals surface area contributed by atoms with E-state index in [2.05, 4.69) is 20.3 Å². The van der Waals surface area contributed by atoms with Gasteiger partial charge in [-0.05, 0) is 26.8 Å². The van der Waals surface area contributed by atoms with E-state index in [0.717, 1.165) is 10.7 Å². The maximum absolute atomic E-state index is 10.9. The number of thiazole rings is 1. The van der Waals surface area contributed by atoms with Crippen LogP contribution in [0, 0.1) is 13.8 Å². The number of nitrogens with one attached hydrogen (secondary N) is 1. The molecule has 100 valence electrons. The Hall–Kier alpha value is -2.02. The quantitative estimate of drug-likeness (QED) is 0.893. The van der Waals surface area contributed by atoms with Crippen LogP contribution in [0.3, 0.4) is 0 Å². The van der Waals surface area contributed by atoms with Crippen LogP contribution in [-0.4, -0.2) is 26.0 Å². The van der Waals surface area contributed by atoms with Crippen LogP contribution in [0.5, 0.6) is 0 Å². The molecular weight excluding hydrogens is 264 g/mol. The Kier molecular flexibility index (Phi) is 3.75. The number of carbonyl (C=O) groups is 1. The van der Waals surface area contributed by atoms with Gasteiger partial charge in [-0.1, -0.05) is 0 Å². The number of hydrogen-bond donors (Lipinski definition) is 2. The number of carboxylic acid groups (broad SMARTS) is 1. The minimum absolute atomic E-state index is 0.0162. The Balaban J connectivity index is 2.21. The second-order valence-corrected chi connectivity index (χ2v) is 5.11. The first-order valence-corrected chi connectivity index (χ1v) is 6.61. The van der Waals surface area contributed by atoms with Gasteiger partial charge in [0.25, 0.3) is 0 Å². The minimum atomic E-state index is -1.06. The molecule has 1 unspecified atom stereocenters.